The molecule has 2 aromatic carbocycles. The highest BCUT2D eigenvalue weighted by molar-refractivity contribution is 5.78. The number of aromatic nitrogens is 6. The van der Waals surface area contributed by atoms with Crippen LogP contribution in [0.5, 0.6) is 5.75 Å². The molecule has 4 heterocycles. The van der Waals surface area contributed by atoms with Crippen LogP contribution in [0.25, 0.3) is 28.1 Å². The van der Waals surface area contributed by atoms with Crippen molar-refractivity contribution >= 4 is 28.4 Å². The number of methoxy groups -OCH3 is 1. The van der Waals surface area contributed by atoms with Crippen LogP contribution in [0.4, 0.5) is 21.7 Å². The molecule has 0 radical (unpaired) electrons. The summed E-state index contributed by atoms with van der Waals surface area (Å²) in [6.07, 6.45) is 5.35. The van der Waals surface area contributed by atoms with Crippen molar-refractivity contribution in [3.8, 4) is 22.8 Å². The fraction of sp³-hybridized carbons (Fsp3) is 0.233. The molecule has 3 aromatic heterocycles. The van der Waals surface area contributed by atoms with E-state index in [4.69, 9.17) is 9.72 Å². The summed E-state index contributed by atoms with van der Waals surface area (Å²) in [5, 5.41) is 3.61. The van der Waals surface area contributed by atoms with E-state index in [2.05, 4.69) is 55.8 Å². The Kier molecular flexibility index (Phi) is 7.36. The summed E-state index contributed by atoms with van der Waals surface area (Å²) in [4.78, 5) is 35.5. The maximum Gasteiger partial charge on any atom is 0.278 e. The largest absolute Gasteiger partial charge is 0.496 e. The average molecular weight is 568 g/mol. The molecule has 1 aliphatic heterocycles. The first-order valence-corrected chi connectivity index (χ1v) is 13.5. The van der Waals surface area contributed by atoms with E-state index >= 15 is 0 Å². The van der Waals surface area contributed by atoms with Crippen molar-refractivity contribution < 1.29 is 9.13 Å². The monoisotopic (exact) mass is 567 g/mol. The zero-order valence-corrected chi connectivity index (χ0v) is 23.4. The molecule has 214 valence electrons. The van der Waals surface area contributed by atoms with E-state index in [1.807, 2.05) is 12.1 Å². The number of ether oxygens (including phenoxy) is 1. The van der Waals surface area contributed by atoms with Gasteiger partial charge >= 0.3 is 0 Å². The molecule has 0 bridgehead atoms. The Hall–Kier alpha value is -5.10. The topological polar surface area (TPSA) is 106 Å². The van der Waals surface area contributed by atoms with Gasteiger partial charge < -0.3 is 19.9 Å². The summed E-state index contributed by atoms with van der Waals surface area (Å²) in [7, 11) is 3.67. The summed E-state index contributed by atoms with van der Waals surface area (Å²) in [6, 6.07) is 13.5. The van der Waals surface area contributed by atoms with Gasteiger partial charge in [-0.15, -0.1) is 6.58 Å². The van der Waals surface area contributed by atoms with Gasteiger partial charge in [-0.2, -0.15) is 4.98 Å². The summed E-state index contributed by atoms with van der Waals surface area (Å²) in [6.45, 7) is 8.10. The van der Waals surface area contributed by atoms with E-state index in [0.717, 1.165) is 44.3 Å². The lowest BCUT2D eigenvalue weighted by Crippen LogP contribution is -2.44. The lowest BCUT2D eigenvalue weighted by molar-refractivity contribution is 0.313. The van der Waals surface area contributed by atoms with Crippen LogP contribution in [0.1, 0.15) is 0 Å². The Balaban J connectivity index is 1.38. The molecule has 11 nitrogen and oxygen atoms in total. The van der Waals surface area contributed by atoms with Crippen LogP contribution >= 0.6 is 0 Å². The molecule has 0 atom stereocenters. The fourth-order valence-corrected chi connectivity index (χ4v) is 5.04. The number of piperazine rings is 1. The van der Waals surface area contributed by atoms with Crippen LogP contribution in [0, 0.1) is 5.82 Å². The van der Waals surface area contributed by atoms with Crippen molar-refractivity contribution in [2.75, 3.05) is 50.6 Å². The minimum Gasteiger partial charge on any atom is -0.496 e. The Morgan fingerprint density at radius 2 is 1.71 bits per heavy atom. The second-order valence-electron chi connectivity index (χ2n) is 9.99. The Morgan fingerprint density at radius 3 is 2.40 bits per heavy atom. The molecule has 12 heteroatoms. The number of benzene rings is 2. The minimum absolute atomic E-state index is 0.236. The quantitative estimate of drug-likeness (QED) is 0.280. The SMILES string of the molecule is C=CCn1c(=O)c2cnc(Nc3ccc(N4CCN(C)CC4)cc3)nc2n1-c1ccc(OC)c(-c2ncc(F)cn2)c1. The van der Waals surface area contributed by atoms with Crippen molar-refractivity contribution in [2.45, 2.75) is 6.54 Å². The van der Waals surface area contributed by atoms with E-state index in [1.54, 1.807) is 29.0 Å². The number of allylic oxidation sites excluding steroid dienone is 1. The number of anilines is 3. The molecule has 1 saturated heterocycles. The smallest absolute Gasteiger partial charge is 0.278 e. The number of rotatable bonds is 8. The standard InChI is InChI=1S/C30H30FN9O2/c1-4-11-39-29(41)25-19-34-30(35-21-5-7-22(8-6-21)38-14-12-37(2)13-15-38)36-28(25)40(39)23-9-10-26(42-3)24(16-23)27-32-17-20(31)18-33-27/h4-10,16-19H,1,11-15H2,2-3H3,(H,34,35,36). The van der Waals surface area contributed by atoms with Gasteiger partial charge in [-0.05, 0) is 49.5 Å². The molecule has 0 saturated carbocycles. The number of halogens is 1. The van der Waals surface area contributed by atoms with Crippen molar-refractivity contribution in [2.24, 2.45) is 0 Å². The van der Waals surface area contributed by atoms with Gasteiger partial charge in [0.05, 0.1) is 37.3 Å². The molecular formula is C30H30FN9O2. The molecule has 42 heavy (non-hydrogen) atoms. The third kappa shape index (κ3) is 5.19. The number of hydrogen-bond acceptors (Lipinski definition) is 9. The molecule has 0 unspecified atom stereocenters. The number of likely N-dealkylation sites (N-methyl/N-ethyl adjacent to an activating group) is 1. The first-order chi connectivity index (χ1) is 20.4. The predicted molar refractivity (Wildman–Crippen MR) is 160 cm³/mol. The van der Waals surface area contributed by atoms with Crippen molar-refractivity contribution in [3.63, 3.8) is 0 Å². The minimum atomic E-state index is -0.546. The molecule has 0 spiro atoms. The maximum atomic E-state index is 13.5. The van der Waals surface area contributed by atoms with Gasteiger partial charge in [0.1, 0.15) is 11.1 Å². The zero-order valence-electron chi connectivity index (χ0n) is 23.4. The Bertz CT molecular complexity index is 1790. The normalized spacial score (nSPS) is 13.8. The Morgan fingerprint density at radius 1 is 1.00 bits per heavy atom. The van der Waals surface area contributed by atoms with E-state index in [1.165, 1.54) is 23.7 Å². The molecule has 0 amide bonds. The first-order valence-electron chi connectivity index (χ1n) is 13.5. The van der Waals surface area contributed by atoms with Gasteiger partial charge in [-0.3, -0.25) is 4.79 Å². The van der Waals surface area contributed by atoms with Gasteiger partial charge in [-0.1, -0.05) is 6.08 Å². The molecule has 1 N–H and O–H groups in total. The molecule has 1 fully saturated rings. The van der Waals surface area contributed by atoms with Crippen LogP contribution in [-0.2, 0) is 6.54 Å². The number of nitrogens with zero attached hydrogens (tertiary/aromatic N) is 8. The predicted octanol–water partition coefficient (Wildman–Crippen LogP) is 3.87. The first kappa shape index (κ1) is 27.1. The second-order valence-corrected chi connectivity index (χ2v) is 9.99. The highest BCUT2D eigenvalue weighted by atomic mass is 19.1. The molecule has 1 aliphatic rings. The van der Waals surface area contributed by atoms with Gasteiger partial charge in [0.2, 0.25) is 5.95 Å². The maximum absolute atomic E-state index is 13.5. The average Bonchev–Trinajstić information content (AvgIpc) is 3.28. The van der Waals surface area contributed by atoms with Gasteiger partial charge in [0.25, 0.3) is 5.56 Å². The van der Waals surface area contributed by atoms with Crippen molar-refractivity contribution in [3.05, 3.63) is 89.9 Å². The highest BCUT2D eigenvalue weighted by Crippen LogP contribution is 2.31. The van der Waals surface area contributed by atoms with Crippen LogP contribution in [0.15, 0.2) is 78.5 Å². The Labute approximate surface area is 241 Å². The second kappa shape index (κ2) is 11.4. The number of fused-ring (bicyclic) bond motifs is 1. The van der Waals surface area contributed by atoms with Gasteiger partial charge in [-0.25, -0.2) is 28.7 Å². The molecule has 0 aliphatic carbocycles. The summed E-state index contributed by atoms with van der Waals surface area (Å²) in [5.41, 5.74) is 3.27. The van der Waals surface area contributed by atoms with E-state index < -0.39 is 5.82 Å². The third-order valence-electron chi connectivity index (χ3n) is 7.26. The highest BCUT2D eigenvalue weighted by Gasteiger charge is 2.20. The van der Waals surface area contributed by atoms with Crippen LogP contribution in [-0.4, -0.2) is 74.5 Å². The van der Waals surface area contributed by atoms with Crippen LogP contribution in [0.2, 0.25) is 0 Å². The lowest BCUT2D eigenvalue weighted by Gasteiger charge is -2.34. The van der Waals surface area contributed by atoms with Gasteiger partial charge in [0, 0.05) is 43.8 Å². The van der Waals surface area contributed by atoms with Crippen molar-refractivity contribution in [1.82, 2.24) is 34.2 Å². The van der Waals surface area contributed by atoms with E-state index in [-0.39, 0.29) is 17.9 Å². The fourth-order valence-electron chi connectivity index (χ4n) is 5.04. The van der Waals surface area contributed by atoms with E-state index in [0.29, 0.717) is 34.0 Å². The lowest BCUT2D eigenvalue weighted by atomic mass is 10.1. The van der Waals surface area contributed by atoms with Gasteiger partial charge in [0.15, 0.2) is 17.3 Å². The van der Waals surface area contributed by atoms with E-state index in [9.17, 15) is 9.18 Å². The molecule has 5 aromatic rings. The van der Waals surface area contributed by atoms with Crippen LogP contribution < -0.4 is 20.5 Å². The summed E-state index contributed by atoms with van der Waals surface area (Å²) in [5.74, 6) is 0.573. The number of hydrogen-bond donors (Lipinski definition) is 1. The molecule has 6 rings (SSSR count). The van der Waals surface area contributed by atoms with Crippen molar-refractivity contribution in [1.29, 1.82) is 0 Å². The summed E-state index contributed by atoms with van der Waals surface area (Å²) >= 11 is 0. The van der Waals surface area contributed by atoms with Crippen LogP contribution in [0.3, 0.4) is 0 Å². The third-order valence-corrected chi connectivity index (χ3v) is 7.26. The number of nitrogens with one attached hydrogen (secondary N) is 1. The summed E-state index contributed by atoms with van der Waals surface area (Å²) < 4.78 is 22.3. The molecular weight excluding hydrogens is 537 g/mol. The zero-order chi connectivity index (χ0) is 29.2.